The van der Waals surface area contributed by atoms with E-state index in [0.717, 1.165) is 13.1 Å². The van der Waals surface area contributed by atoms with Crippen LogP contribution in [0.1, 0.15) is 23.6 Å². The van der Waals surface area contributed by atoms with Crippen LogP contribution < -0.4 is 5.32 Å². The number of likely N-dealkylation sites (N-methyl/N-ethyl adjacent to an activating group) is 2. The topological polar surface area (TPSA) is 18.5 Å². The van der Waals surface area contributed by atoms with Gasteiger partial charge < -0.3 is 15.1 Å². The summed E-state index contributed by atoms with van der Waals surface area (Å²) in [6, 6.07) is 9.90. The molecule has 2 unspecified atom stereocenters. The summed E-state index contributed by atoms with van der Waals surface area (Å²) >= 11 is 0. The summed E-state index contributed by atoms with van der Waals surface area (Å²) in [4.78, 5) is 4.78. The number of rotatable bonds is 6. The zero-order chi connectivity index (χ0) is 13.8. The number of nitrogens with one attached hydrogen (secondary N) is 1. The van der Waals surface area contributed by atoms with Crippen molar-refractivity contribution in [1.29, 1.82) is 0 Å². The van der Waals surface area contributed by atoms with Gasteiger partial charge in [-0.2, -0.15) is 0 Å². The maximum Gasteiger partial charge on any atom is 0.0481 e. The van der Waals surface area contributed by atoms with Gasteiger partial charge in [0.15, 0.2) is 0 Å². The second-order valence-corrected chi connectivity index (χ2v) is 5.87. The van der Waals surface area contributed by atoms with E-state index in [9.17, 15) is 0 Å². The predicted molar refractivity (Wildman–Crippen MR) is 81.5 cm³/mol. The van der Waals surface area contributed by atoms with Crippen molar-refractivity contribution in [2.75, 3.05) is 41.3 Å². The molecule has 0 aromatic heterocycles. The van der Waals surface area contributed by atoms with Crippen LogP contribution in [0.15, 0.2) is 24.3 Å². The van der Waals surface area contributed by atoms with Gasteiger partial charge in [0, 0.05) is 12.1 Å². The van der Waals surface area contributed by atoms with Gasteiger partial charge in [-0.05, 0) is 65.2 Å². The molecule has 1 aliphatic carbocycles. The van der Waals surface area contributed by atoms with E-state index in [1.54, 1.807) is 0 Å². The van der Waals surface area contributed by atoms with E-state index in [4.69, 9.17) is 0 Å². The van der Waals surface area contributed by atoms with E-state index in [1.807, 2.05) is 0 Å². The molecule has 0 saturated heterocycles. The van der Waals surface area contributed by atoms with Crippen molar-refractivity contribution in [1.82, 2.24) is 15.1 Å². The van der Waals surface area contributed by atoms with E-state index in [0.29, 0.717) is 12.1 Å². The minimum atomic E-state index is 0.473. The molecule has 1 aliphatic rings. The molecule has 0 aliphatic heterocycles. The smallest absolute Gasteiger partial charge is 0.0481 e. The Morgan fingerprint density at radius 3 is 2.58 bits per heavy atom. The van der Waals surface area contributed by atoms with E-state index in [2.05, 4.69) is 67.6 Å². The summed E-state index contributed by atoms with van der Waals surface area (Å²) in [6.07, 6.45) is 2.40. The lowest BCUT2D eigenvalue weighted by molar-refractivity contribution is 0.199. The zero-order valence-corrected chi connectivity index (χ0v) is 12.7. The molecule has 0 radical (unpaired) electrons. The quantitative estimate of drug-likeness (QED) is 0.842. The molecule has 3 heteroatoms. The van der Waals surface area contributed by atoms with Gasteiger partial charge in [0.2, 0.25) is 0 Å². The van der Waals surface area contributed by atoms with Crippen LogP contribution in [0.5, 0.6) is 0 Å². The first-order chi connectivity index (χ1) is 9.13. The van der Waals surface area contributed by atoms with Crippen LogP contribution in [0.25, 0.3) is 0 Å². The second-order valence-electron chi connectivity index (χ2n) is 5.87. The Labute approximate surface area is 117 Å². The van der Waals surface area contributed by atoms with Gasteiger partial charge in [-0.1, -0.05) is 24.3 Å². The van der Waals surface area contributed by atoms with Gasteiger partial charge in [0.05, 0.1) is 0 Å². The first-order valence-electron chi connectivity index (χ1n) is 7.23. The third-order valence-electron chi connectivity index (χ3n) is 4.20. The summed E-state index contributed by atoms with van der Waals surface area (Å²) in [5.74, 6) is 0. The normalized spacial score (nSPS) is 22.2. The lowest BCUT2D eigenvalue weighted by Crippen LogP contribution is -2.40. The maximum atomic E-state index is 3.50. The third-order valence-corrected chi connectivity index (χ3v) is 4.20. The minimum Gasteiger partial charge on any atom is -0.312 e. The van der Waals surface area contributed by atoms with Crippen molar-refractivity contribution in [2.45, 2.75) is 24.9 Å². The molecule has 0 spiro atoms. The standard InChI is InChI=1S/C16H27N3/c1-17-16-14-9-6-5-8-13(14)12-15(16)19(4)11-7-10-18(2)3/h5-6,8-9,15-17H,7,10-12H2,1-4H3. The minimum absolute atomic E-state index is 0.473. The Hall–Kier alpha value is -0.900. The molecule has 2 atom stereocenters. The van der Waals surface area contributed by atoms with E-state index in [1.165, 1.54) is 24.0 Å². The summed E-state index contributed by atoms with van der Waals surface area (Å²) in [5, 5.41) is 3.50. The number of fused-ring (bicyclic) bond motifs is 1. The summed E-state index contributed by atoms with van der Waals surface area (Å²) in [5.41, 5.74) is 2.99. The highest BCUT2D eigenvalue weighted by Crippen LogP contribution is 2.33. The predicted octanol–water partition coefficient (Wildman–Crippen LogP) is 1.76. The Morgan fingerprint density at radius 2 is 1.89 bits per heavy atom. The first kappa shape index (κ1) is 14.5. The summed E-state index contributed by atoms with van der Waals surface area (Å²) < 4.78 is 0. The number of hydrogen-bond donors (Lipinski definition) is 1. The Kier molecular flexibility index (Phi) is 4.97. The van der Waals surface area contributed by atoms with Crippen molar-refractivity contribution in [3.8, 4) is 0 Å². The molecule has 1 aromatic rings. The highest BCUT2D eigenvalue weighted by atomic mass is 15.2. The van der Waals surface area contributed by atoms with Crippen molar-refractivity contribution < 1.29 is 0 Å². The van der Waals surface area contributed by atoms with Gasteiger partial charge in [-0.3, -0.25) is 0 Å². The molecule has 0 heterocycles. The average molecular weight is 261 g/mol. The van der Waals surface area contributed by atoms with Crippen LogP contribution in [0, 0.1) is 0 Å². The van der Waals surface area contributed by atoms with Gasteiger partial charge >= 0.3 is 0 Å². The molecule has 106 valence electrons. The van der Waals surface area contributed by atoms with E-state index in [-0.39, 0.29) is 0 Å². The highest BCUT2D eigenvalue weighted by Gasteiger charge is 2.33. The van der Waals surface area contributed by atoms with E-state index < -0.39 is 0 Å². The molecular formula is C16H27N3. The molecule has 1 N–H and O–H groups in total. The number of benzene rings is 1. The molecule has 0 amide bonds. The lowest BCUT2D eigenvalue weighted by Gasteiger charge is -2.30. The maximum absolute atomic E-state index is 3.50. The van der Waals surface area contributed by atoms with E-state index >= 15 is 0 Å². The molecule has 0 saturated carbocycles. The lowest BCUT2D eigenvalue weighted by atomic mass is 10.1. The summed E-state index contributed by atoms with van der Waals surface area (Å²) in [6.45, 7) is 2.32. The van der Waals surface area contributed by atoms with Gasteiger partial charge in [0.25, 0.3) is 0 Å². The average Bonchev–Trinajstić information content (AvgIpc) is 2.76. The van der Waals surface area contributed by atoms with Crippen LogP contribution in [-0.4, -0.2) is 57.1 Å². The largest absolute Gasteiger partial charge is 0.312 e. The molecule has 19 heavy (non-hydrogen) atoms. The second kappa shape index (κ2) is 6.51. The fourth-order valence-electron chi connectivity index (χ4n) is 3.13. The Balaban J connectivity index is 1.98. The number of nitrogens with zero attached hydrogens (tertiary/aromatic N) is 2. The molecule has 0 fully saturated rings. The number of hydrogen-bond acceptors (Lipinski definition) is 3. The van der Waals surface area contributed by atoms with Gasteiger partial charge in [-0.15, -0.1) is 0 Å². The van der Waals surface area contributed by atoms with Crippen LogP contribution >= 0.6 is 0 Å². The summed E-state index contributed by atoms with van der Waals surface area (Å²) in [7, 11) is 8.62. The molecule has 2 rings (SSSR count). The fraction of sp³-hybridized carbons (Fsp3) is 0.625. The van der Waals surface area contributed by atoms with Crippen LogP contribution in [0.4, 0.5) is 0 Å². The Bertz CT molecular complexity index is 403. The van der Waals surface area contributed by atoms with Crippen LogP contribution in [0.2, 0.25) is 0 Å². The van der Waals surface area contributed by atoms with Crippen LogP contribution in [0.3, 0.4) is 0 Å². The van der Waals surface area contributed by atoms with Gasteiger partial charge in [-0.25, -0.2) is 0 Å². The van der Waals surface area contributed by atoms with Gasteiger partial charge in [0.1, 0.15) is 0 Å². The molecule has 3 nitrogen and oxygen atoms in total. The monoisotopic (exact) mass is 261 g/mol. The fourth-order valence-corrected chi connectivity index (χ4v) is 3.13. The Morgan fingerprint density at radius 1 is 1.16 bits per heavy atom. The van der Waals surface area contributed by atoms with Crippen molar-refractivity contribution in [2.24, 2.45) is 0 Å². The van der Waals surface area contributed by atoms with Crippen molar-refractivity contribution in [3.05, 3.63) is 35.4 Å². The first-order valence-corrected chi connectivity index (χ1v) is 7.23. The molecule has 1 aromatic carbocycles. The van der Waals surface area contributed by atoms with Crippen LogP contribution in [-0.2, 0) is 6.42 Å². The molecular weight excluding hydrogens is 234 g/mol. The zero-order valence-electron chi connectivity index (χ0n) is 12.7. The molecule has 0 bridgehead atoms. The van der Waals surface area contributed by atoms with Crippen molar-refractivity contribution >= 4 is 0 Å². The third kappa shape index (κ3) is 3.35. The highest BCUT2D eigenvalue weighted by molar-refractivity contribution is 5.37. The van der Waals surface area contributed by atoms with Crippen molar-refractivity contribution in [3.63, 3.8) is 0 Å². The SMILES string of the molecule is CNC1c2ccccc2CC1N(C)CCCN(C)C.